The zero-order chi connectivity index (χ0) is 44.5. The number of hydrogen-bond donors (Lipinski definition) is 0. The minimum atomic E-state index is 0.106. The van der Waals surface area contributed by atoms with Gasteiger partial charge in [0.15, 0.2) is 5.84 Å². The molecule has 0 saturated heterocycles. The molecule has 0 N–H and O–H groups in total. The number of para-hydroxylation sites is 2. The van der Waals surface area contributed by atoms with Crippen LogP contribution in [0, 0.1) is 12.3 Å². The number of nitrogens with zero attached hydrogens (tertiary/aromatic N) is 4. The third-order valence-corrected chi connectivity index (χ3v) is 12.4. The van der Waals surface area contributed by atoms with Gasteiger partial charge in [-0.1, -0.05) is 172 Å². The van der Waals surface area contributed by atoms with Gasteiger partial charge in [0.2, 0.25) is 0 Å². The van der Waals surface area contributed by atoms with E-state index in [9.17, 15) is 0 Å². The molecule has 0 amide bonds. The Morgan fingerprint density at radius 3 is 2.02 bits per heavy atom. The SMILES string of the molecule is C=C/C=C\c1cc2ccccc2n1-c1cccc(-c2ccc3c4ccccc4n(-c4cccc(-c5cccc(/C=C(\N=C(/N=C)C6=CCC(C)(C)C=C6)c6ccc(C)cc6)c5)c4)c3c2)c1. The van der Waals surface area contributed by atoms with E-state index in [1.165, 1.54) is 32.8 Å². The molecule has 0 fully saturated rings. The van der Waals surface area contributed by atoms with Gasteiger partial charge in [0, 0.05) is 44.4 Å². The summed E-state index contributed by atoms with van der Waals surface area (Å²) < 4.78 is 4.73. The molecule has 65 heavy (non-hydrogen) atoms. The molecule has 0 aliphatic heterocycles. The molecule has 0 spiro atoms. The maximum absolute atomic E-state index is 5.16. The third kappa shape index (κ3) is 8.19. The Labute approximate surface area is 381 Å². The molecule has 9 aromatic rings. The highest BCUT2D eigenvalue weighted by Crippen LogP contribution is 2.37. The Hall–Kier alpha value is -8.08. The maximum Gasteiger partial charge on any atom is 0.158 e. The third-order valence-electron chi connectivity index (χ3n) is 12.4. The molecule has 2 heterocycles. The van der Waals surface area contributed by atoms with E-state index in [1.54, 1.807) is 0 Å². The molecule has 314 valence electrons. The van der Waals surface area contributed by atoms with E-state index < -0.39 is 0 Å². The van der Waals surface area contributed by atoms with Crippen molar-refractivity contribution in [2.45, 2.75) is 27.2 Å². The van der Waals surface area contributed by atoms with Gasteiger partial charge in [-0.25, -0.2) is 9.98 Å². The number of aryl methyl sites for hydroxylation is 1. The Kier molecular flexibility index (Phi) is 10.9. The van der Waals surface area contributed by atoms with Crippen LogP contribution in [-0.2, 0) is 0 Å². The first-order chi connectivity index (χ1) is 31.7. The molecule has 7 aromatic carbocycles. The second-order valence-corrected chi connectivity index (χ2v) is 17.5. The lowest BCUT2D eigenvalue weighted by Crippen LogP contribution is -2.11. The van der Waals surface area contributed by atoms with E-state index in [1.807, 2.05) is 12.2 Å². The summed E-state index contributed by atoms with van der Waals surface area (Å²) in [4.78, 5) is 9.58. The molecular formula is C61H50N4. The van der Waals surface area contributed by atoms with Gasteiger partial charge < -0.3 is 9.13 Å². The fraction of sp³-hybridized carbons (Fsp3) is 0.0820. The molecule has 1 aliphatic carbocycles. The van der Waals surface area contributed by atoms with Gasteiger partial charge in [-0.05, 0) is 120 Å². The zero-order valence-corrected chi connectivity index (χ0v) is 37.1. The van der Waals surface area contributed by atoms with E-state index in [2.05, 4.69) is 248 Å². The lowest BCUT2D eigenvalue weighted by Gasteiger charge is -2.22. The molecule has 0 radical (unpaired) electrons. The van der Waals surface area contributed by atoms with Crippen LogP contribution in [0.15, 0.2) is 222 Å². The van der Waals surface area contributed by atoms with Crippen LogP contribution < -0.4 is 0 Å². The summed E-state index contributed by atoms with van der Waals surface area (Å²) in [6.45, 7) is 14.4. The number of allylic oxidation sites excluding steroid dienone is 4. The summed E-state index contributed by atoms with van der Waals surface area (Å²) >= 11 is 0. The van der Waals surface area contributed by atoms with Crippen molar-refractivity contribution in [3.05, 3.63) is 235 Å². The lowest BCUT2D eigenvalue weighted by atomic mass is 9.84. The van der Waals surface area contributed by atoms with E-state index in [-0.39, 0.29) is 5.41 Å². The van der Waals surface area contributed by atoms with Crippen molar-refractivity contribution >= 4 is 63.1 Å². The summed E-state index contributed by atoms with van der Waals surface area (Å²) in [5, 5.41) is 3.63. The van der Waals surface area contributed by atoms with Crippen LogP contribution in [-0.4, -0.2) is 21.7 Å². The average Bonchev–Trinajstić information content (AvgIpc) is 3.88. The van der Waals surface area contributed by atoms with Crippen LogP contribution in [0.3, 0.4) is 0 Å². The van der Waals surface area contributed by atoms with Crippen molar-refractivity contribution in [2.75, 3.05) is 0 Å². The minimum Gasteiger partial charge on any atom is -0.310 e. The van der Waals surface area contributed by atoms with Gasteiger partial charge in [0.1, 0.15) is 0 Å². The predicted octanol–water partition coefficient (Wildman–Crippen LogP) is 16.1. The van der Waals surface area contributed by atoms with Crippen molar-refractivity contribution in [3.8, 4) is 33.6 Å². The molecule has 0 bridgehead atoms. The van der Waals surface area contributed by atoms with Crippen LogP contribution in [0.25, 0.3) is 84.2 Å². The van der Waals surface area contributed by atoms with Crippen molar-refractivity contribution in [2.24, 2.45) is 15.4 Å². The van der Waals surface area contributed by atoms with E-state index in [0.29, 0.717) is 5.84 Å². The van der Waals surface area contributed by atoms with Crippen LogP contribution >= 0.6 is 0 Å². The highest BCUT2D eigenvalue weighted by atomic mass is 15.0. The number of amidine groups is 1. The van der Waals surface area contributed by atoms with E-state index in [0.717, 1.165) is 73.7 Å². The normalized spacial score (nSPS) is 14.1. The minimum absolute atomic E-state index is 0.106. The van der Waals surface area contributed by atoms with Gasteiger partial charge in [0.25, 0.3) is 0 Å². The summed E-state index contributed by atoms with van der Waals surface area (Å²) in [5.41, 5.74) is 16.5. The summed E-state index contributed by atoms with van der Waals surface area (Å²) in [6.07, 6.45) is 15.6. The van der Waals surface area contributed by atoms with Crippen LogP contribution in [0.4, 0.5) is 0 Å². The molecule has 0 atom stereocenters. The van der Waals surface area contributed by atoms with Gasteiger partial charge in [-0.2, -0.15) is 0 Å². The molecule has 4 heteroatoms. The Balaban J connectivity index is 1.05. The number of fused-ring (bicyclic) bond motifs is 4. The van der Waals surface area contributed by atoms with E-state index >= 15 is 0 Å². The highest BCUT2D eigenvalue weighted by molar-refractivity contribution is 6.10. The van der Waals surface area contributed by atoms with Gasteiger partial charge >= 0.3 is 0 Å². The number of rotatable bonds is 10. The fourth-order valence-electron chi connectivity index (χ4n) is 9.00. The van der Waals surface area contributed by atoms with Crippen LogP contribution in [0.5, 0.6) is 0 Å². The Morgan fingerprint density at radius 2 is 1.29 bits per heavy atom. The second kappa shape index (κ2) is 17.2. The van der Waals surface area contributed by atoms with Gasteiger partial charge in [-0.15, -0.1) is 0 Å². The first-order valence-electron chi connectivity index (χ1n) is 22.2. The molecule has 4 nitrogen and oxygen atoms in total. The number of benzene rings is 7. The lowest BCUT2D eigenvalue weighted by molar-refractivity contribution is 0.483. The topological polar surface area (TPSA) is 34.6 Å². The standard InChI is InChI=1S/C61H50N4/c1-6-7-20-51-40-50-16-8-10-24-57(50)64(51)52-21-13-19-48(38-52)49-30-31-55-54-23-9-11-25-58(54)65(59(55)41-49)53-22-14-18-47(39-53)46-17-12-15-43(36-46)37-56(44-28-26-42(2)27-29-44)63-60(62-5)45-32-34-61(3,4)35-33-45/h6-34,36-41H,1,5,35H2,2-4H3/b20-7-,56-37-,63-60-. The van der Waals surface area contributed by atoms with Crippen molar-refractivity contribution in [1.82, 2.24) is 9.13 Å². The van der Waals surface area contributed by atoms with Gasteiger partial charge in [0.05, 0.1) is 22.2 Å². The van der Waals surface area contributed by atoms with Crippen molar-refractivity contribution < 1.29 is 0 Å². The summed E-state index contributed by atoms with van der Waals surface area (Å²) in [7, 11) is 0. The highest BCUT2D eigenvalue weighted by Gasteiger charge is 2.19. The zero-order valence-electron chi connectivity index (χ0n) is 37.1. The largest absolute Gasteiger partial charge is 0.310 e. The molecular weight excluding hydrogens is 789 g/mol. The van der Waals surface area contributed by atoms with Crippen molar-refractivity contribution in [3.63, 3.8) is 0 Å². The average molecular weight is 839 g/mol. The van der Waals surface area contributed by atoms with Crippen molar-refractivity contribution in [1.29, 1.82) is 0 Å². The maximum atomic E-state index is 5.16. The summed E-state index contributed by atoms with van der Waals surface area (Å²) in [5.74, 6) is 0.620. The Bertz CT molecular complexity index is 3470. The molecule has 2 aromatic heterocycles. The number of aliphatic imine (C=N–C) groups is 2. The smallest absolute Gasteiger partial charge is 0.158 e. The van der Waals surface area contributed by atoms with Crippen LogP contribution in [0.1, 0.15) is 42.7 Å². The second-order valence-electron chi connectivity index (χ2n) is 17.5. The van der Waals surface area contributed by atoms with Crippen LogP contribution in [0.2, 0.25) is 0 Å². The molecule has 10 rings (SSSR count). The predicted molar refractivity (Wildman–Crippen MR) is 279 cm³/mol. The fourth-order valence-corrected chi connectivity index (χ4v) is 9.00. The molecule has 0 saturated carbocycles. The number of aromatic nitrogens is 2. The first-order valence-corrected chi connectivity index (χ1v) is 22.2. The Morgan fingerprint density at radius 1 is 0.631 bits per heavy atom. The summed E-state index contributed by atoms with van der Waals surface area (Å²) in [6, 6.07) is 61.3. The first kappa shape index (κ1) is 41.0. The molecule has 0 unspecified atom stereocenters. The number of hydrogen-bond acceptors (Lipinski definition) is 1. The van der Waals surface area contributed by atoms with E-state index in [4.69, 9.17) is 4.99 Å². The van der Waals surface area contributed by atoms with Gasteiger partial charge in [-0.3, -0.25) is 0 Å². The monoisotopic (exact) mass is 838 g/mol. The molecule has 1 aliphatic rings. The quantitative estimate of drug-likeness (QED) is 0.0569.